The van der Waals surface area contributed by atoms with Crippen molar-refractivity contribution in [2.45, 2.75) is 44.2 Å². The average Bonchev–Trinajstić information content (AvgIpc) is 3.10. The first-order valence-corrected chi connectivity index (χ1v) is 7.61. The van der Waals surface area contributed by atoms with Crippen LogP contribution < -0.4 is 0 Å². The van der Waals surface area contributed by atoms with Crippen molar-refractivity contribution in [2.75, 3.05) is 6.61 Å². The molecule has 0 unspecified atom stereocenters. The minimum Gasteiger partial charge on any atom is -0.394 e. The van der Waals surface area contributed by atoms with E-state index < -0.39 is 11.9 Å². The van der Waals surface area contributed by atoms with Crippen LogP contribution >= 0.6 is 11.6 Å². The van der Waals surface area contributed by atoms with Crippen LogP contribution in [-0.4, -0.2) is 45.4 Å². The van der Waals surface area contributed by atoms with E-state index in [9.17, 15) is 5.11 Å². The first-order valence-electron chi connectivity index (χ1n) is 7.23. The number of nitrogens with zero attached hydrogens (tertiary/aromatic N) is 2. The fourth-order valence-corrected chi connectivity index (χ4v) is 3.52. The van der Waals surface area contributed by atoms with E-state index in [1.54, 1.807) is 6.20 Å². The highest BCUT2D eigenvalue weighted by Gasteiger charge is 2.55. The van der Waals surface area contributed by atoms with Crippen LogP contribution in [0.5, 0.6) is 0 Å². The van der Waals surface area contributed by atoms with E-state index in [0.717, 1.165) is 10.9 Å². The van der Waals surface area contributed by atoms with Gasteiger partial charge in [-0.25, -0.2) is 4.98 Å². The first kappa shape index (κ1) is 14.4. The van der Waals surface area contributed by atoms with Crippen LogP contribution in [0.1, 0.15) is 20.1 Å². The minimum absolute atomic E-state index is 0.112. The zero-order chi connectivity index (χ0) is 15.5. The van der Waals surface area contributed by atoms with Crippen LogP contribution in [0.25, 0.3) is 10.9 Å². The molecule has 2 aliphatic heterocycles. The number of halogens is 1. The molecule has 2 aromatic heterocycles. The zero-order valence-electron chi connectivity index (χ0n) is 12.3. The number of rotatable bonds is 2. The minimum atomic E-state index is -0.688. The third-order valence-electron chi connectivity index (χ3n) is 4.18. The molecule has 0 aliphatic carbocycles. The quantitative estimate of drug-likeness (QED) is 0.857. The topological polar surface area (TPSA) is 65.7 Å². The van der Waals surface area contributed by atoms with Crippen LogP contribution in [0.15, 0.2) is 24.5 Å². The maximum absolute atomic E-state index is 9.56. The van der Waals surface area contributed by atoms with Crippen LogP contribution in [0, 0.1) is 0 Å². The molecule has 0 bridgehead atoms. The molecule has 0 aromatic carbocycles. The van der Waals surface area contributed by atoms with E-state index in [1.807, 2.05) is 36.7 Å². The Balaban J connectivity index is 1.77. The van der Waals surface area contributed by atoms with Gasteiger partial charge >= 0.3 is 0 Å². The second-order valence-electron chi connectivity index (χ2n) is 6.07. The molecule has 4 rings (SSSR count). The Kier molecular flexibility index (Phi) is 3.22. The average molecular weight is 325 g/mol. The summed E-state index contributed by atoms with van der Waals surface area (Å²) >= 11 is 6.13. The van der Waals surface area contributed by atoms with Crippen LogP contribution in [-0.2, 0) is 14.2 Å². The predicted octanol–water partition coefficient (Wildman–Crippen LogP) is 2.10. The van der Waals surface area contributed by atoms with Crippen molar-refractivity contribution in [3.05, 3.63) is 29.7 Å². The summed E-state index contributed by atoms with van der Waals surface area (Å²) in [5.74, 6) is -0.688. The maximum Gasteiger partial charge on any atom is 0.164 e. The van der Waals surface area contributed by atoms with Gasteiger partial charge in [-0.3, -0.25) is 0 Å². The molecule has 2 aromatic rings. The summed E-state index contributed by atoms with van der Waals surface area (Å²) in [6.45, 7) is 3.62. The van der Waals surface area contributed by atoms with E-state index in [-0.39, 0.29) is 25.0 Å². The molecule has 0 amide bonds. The molecular weight excluding hydrogens is 308 g/mol. The lowest BCUT2D eigenvalue weighted by atomic mass is 10.1. The van der Waals surface area contributed by atoms with Crippen molar-refractivity contribution < 1.29 is 19.3 Å². The van der Waals surface area contributed by atoms with Gasteiger partial charge in [0, 0.05) is 17.8 Å². The van der Waals surface area contributed by atoms with Crippen LogP contribution in [0.3, 0.4) is 0 Å². The van der Waals surface area contributed by atoms with Gasteiger partial charge in [0.2, 0.25) is 0 Å². The second-order valence-corrected chi connectivity index (χ2v) is 6.43. The number of fused-ring (bicyclic) bond motifs is 2. The molecule has 4 heterocycles. The summed E-state index contributed by atoms with van der Waals surface area (Å²) in [5, 5.41) is 10.9. The molecule has 6 nitrogen and oxygen atoms in total. The highest BCUT2D eigenvalue weighted by atomic mass is 35.5. The number of aliphatic hydroxyl groups excluding tert-OH is 1. The van der Waals surface area contributed by atoms with E-state index in [2.05, 4.69) is 4.98 Å². The van der Waals surface area contributed by atoms with Gasteiger partial charge in [0.15, 0.2) is 12.0 Å². The smallest absolute Gasteiger partial charge is 0.164 e. The summed E-state index contributed by atoms with van der Waals surface area (Å²) < 4.78 is 19.8. The van der Waals surface area contributed by atoms with E-state index in [4.69, 9.17) is 25.8 Å². The highest BCUT2D eigenvalue weighted by Crippen LogP contribution is 2.44. The molecule has 4 atom stereocenters. The summed E-state index contributed by atoms with van der Waals surface area (Å²) in [6, 6.07) is 3.78. The zero-order valence-corrected chi connectivity index (χ0v) is 13.0. The standard InChI is InChI=1S/C15H17ClN2O4/c1-15(2)21-11-10(7-19)20-14(12(11)22-15)18-6-4-8-9(18)3-5-17-13(8)16/h3-6,10-12,14,19H,7H2,1-2H3/t10-,11-,12-,14-/m1/s1. The van der Waals surface area contributed by atoms with Gasteiger partial charge < -0.3 is 23.9 Å². The fraction of sp³-hybridized carbons (Fsp3) is 0.533. The molecule has 2 aliphatic rings. The van der Waals surface area contributed by atoms with Gasteiger partial charge in [0.25, 0.3) is 0 Å². The Bertz CT molecular complexity index is 717. The Hall–Kier alpha value is -1.18. The number of ether oxygens (including phenoxy) is 3. The van der Waals surface area contributed by atoms with Crippen molar-refractivity contribution in [1.29, 1.82) is 0 Å². The van der Waals surface area contributed by atoms with Gasteiger partial charge in [-0.05, 0) is 26.0 Å². The fourth-order valence-electron chi connectivity index (χ4n) is 3.30. The number of aromatic nitrogens is 2. The molecule has 22 heavy (non-hydrogen) atoms. The summed E-state index contributed by atoms with van der Waals surface area (Å²) in [7, 11) is 0. The number of hydrogen-bond acceptors (Lipinski definition) is 5. The maximum atomic E-state index is 9.56. The van der Waals surface area contributed by atoms with E-state index in [0.29, 0.717) is 5.15 Å². The lowest BCUT2D eigenvalue weighted by molar-refractivity contribution is -0.199. The van der Waals surface area contributed by atoms with Gasteiger partial charge in [-0.2, -0.15) is 0 Å². The Morgan fingerprint density at radius 1 is 1.32 bits per heavy atom. The second kappa shape index (κ2) is 4.91. The highest BCUT2D eigenvalue weighted by molar-refractivity contribution is 6.34. The van der Waals surface area contributed by atoms with E-state index in [1.165, 1.54) is 0 Å². The lowest BCUT2D eigenvalue weighted by Gasteiger charge is -2.24. The third kappa shape index (κ3) is 2.06. The third-order valence-corrected chi connectivity index (χ3v) is 4.48. The molecule has 1 N–H and O–H groups in total. The van der Waals surface area contributed by atoms with Gasteiger partial charge in [0.05, 0.1) is 12.1 Å². The Morgan fingerprint density at radius 3 is 2.86 bits per heavy atom. The lowest BCUT2D eigenvalue weighted by Crippen LogP contribution is -2.31. The summed E-state index contributed by atoms with van der Waals surface area (Å²) in [5.41, 5.74) is 0.913. The molecular formula is C15H17ClN2O4. The molecule has 0 spiro atoms. The van der Waals surface area contributed by atoms with Crippen molar-refractivity contribution in [3.8, 4) is 0 Å². The molecule has 0 saturated carbocycles. The largest absolute Gasteiger partial charge is 0.394 e. The summed E-state index contributed by atoms with van der Waals surface area (Å²) in [6.07, 6.45) is 2.20. The van der Waals surface area contributed by atoms with Gasteiger partial charge in [0.1, 0.15) is 23.5 Å². The van der Waals surface area contributed by atoms with Crippen molar-refractivity contribution in [1.82, 2.24) is 9.55 Å². The predicted molar refractivity (Wildman–Crippen MR) is 79.6 cm³/mol. The van der Waals surface area contributed by atoms with Crippen molar-refractivity contribution >= 4 is 22.5 Å². The first-order chi connectivity index (χ1) is 10.5. The van der Waals surface area contributed by atoms with E-state index >= 15 is 0 Å². The molecule has 2 saturated heterocycles. The monoisotopic (exact) mass is 324 g/mol. The normalized spacial score (nSPS) is 33.5. The number of hydrogen-bond donors (Lipinski definition) is 1. The summed E-state index contributed by atoms with van der Waals surface area (Å²) in [4.78, 5) is 4.08. The molecule has 7 heteroatoms. The Labute approximate surface area is 132 Å². The van der Waals surface area contributed by atoms with Crippen molar-refractivity contribution in [3.63, 3.8) is 0 Å². The van der Waals surface area contributed by atoms with Crippen LogP contribution in [0.2, 0.25) is 5.15 Å². The number of aliphatic hydroxyl groups is 1. The van der Waals surface area contributed by atoms with Gasteiger partial charge in [-0.1, -0.05) is 11.6 Å². The molecule has 118 valence electrons. The molecule has 0 radical (unpaired) electrons. The van der Waals surface area contributed by atoms with Crippen molar-refractivity contribution in [2.24, 2.45) is 0 Å². The number of pyridine rings is 1. The Morgan fingerprint density at radius 2 is 2.09 bits per heavy atom. The van der Waals surface area contributed by atoms with Gasteiger partial charge in [-0.15, -0.1) is 0 Å². The molecule has 2 fully saturated rings. The van der Waals surface area contributed by atoms with Crippen LogP contribution in [0.4, 0.5) is 0 Å². The SMILES string of the molecule is CC1(C)O[C@@H]2[C@H](O1)[C@@H](CO)O[C@H]2n1ccc2c(Cl)nccc21.